The molecule has 1 rings (SSSR count). The number of rotatable bonds is 4. The van der Waals surface area contributed by atoms with Crippen LogP contribution < -0.4 is 0 Å². The molecule has 1 aromatic carbocycles. The molecule has 0 spiro atoms. The summed E-state index contributed by atoms with van der Waals surface area (Å²) < 4.78 is 0. The summed E-state index contributed by atoms with van der Waals surface area (Å²) >= 11 is 0. The van der Waals surface area contributed by atoms with Crippen molar-refractivity contribution in [1.29, 1.82) is 0 Å². The highest BCUT2D eigenvalue weighted by Crippen LogP contribution is 2.29. The van der Waals surface area contributed by atoms with Gasteiger partial charge in [-0.25, -0.2) is 0 Å². The molecular formula is C11H15NO4. The predicted molar refractivity (Wildman–Crippen MR) is 59.3 cm³/mol. The maximum absolute atomic E-state index is 10.6. The zero-order valence-electron chi connectivity index (χ0n) is 9.30. The van der Waals surface area contributed by atoms with Crippen LogP contribution in [-0.2, 0) is 6.42 Å². The first-order valence-corrected chi connectivity index (χ1v) is 4.93. The van der Waals surface area contributed by atoms with Gasteiger partial charge in [-0.15, -0.1) is 0 Å². The number of aromatic hydroxyl groups is 1. The molecule has 88 valence electrons. The van der Waals surface area contributed by atoms with E-state index in [1.54, 1.807) is 0 Å². The first-order valence-electron chi connectivity index (χ1n) is 4.93. The highest BCUT2D eigenvalue weighted by molar-refractivity contribution is 5.43. The number of non-ortho nitro benzene ring substituents is 1. The van der Waals surface area contributed by atoms with Gasteiger partial charge >= 0.3 is 0 Å². The van der Waals surface area contributed by atoms with E-state index in [-0.39, 0.29) is 18.0 Å². The third kappa shape index (κ3) is 2.93. The number of aliphatic hydroxyl groups excluding tert-OH is 1. The number of phenols is 1. The molecule has 5 heteroatoms. The molecule has 0 atom stereocenters. The van der Waals surface area contributed by atoms with Gasteiger partial charge in [0.25, 0.3) is 5.69 Å². The minimum absolute atomic E-state index is 0.0205. The van der Waals surface area contributed by atoms with E-state index in [1.165, 1.54) is 18.2 Å². The predicted octanol–water partition coefficient (Wildman–Crippen LogP) is 1.86. The molecule has 0 aliphatic rings. The molecule has 0 amide bonds. The lowest BCUT2D eigenvalue weighted by molar-refractivity contribution is -0.384. The molecule has 5 nitrogen and oxygen atoms in total. The quantitative estimate of drug-likeness (QED) is 0.605. The third-order valence-electron chi connectivity index (χ3n) is 2.37. The Balaban J connectivity index is 3.03. The van der Waals surface area contributed by atoms with Crippen LogP contribution in [0.4, 0.5) is 5.69 Å². The van der Waals surface area contributed by atoms with Crippen molar-refractivity contribution in [1.82, 2.24) is 0 Å². The first-order chi connectivity index (χ1) is 7.35. The maximum Gasteiger partial charge on any atom is 0.269 e. The Labute approximate surface area is 93.5 Å². The highest BCUT2D eigenvalue weighted by atomic mass is 16.6. The minimum Gasteiger partial charge on any atom is -0.508 e. The van der Waals surface area contributed by atoms with Crippen molar-refractivity contribution in [3.63, 3.8) is 0 Å². The molecule has 0 aliphatic heterocycles. The second kappa shape index (κ2) is 4.49. The molecule has 0 radical (unpaired) electrons. The van der Waals surface area contributed by atoms with Gasteiger partial charge in [-0.05, 0) is 17.9 Å². The summed E-state index contributed by atoms with van der Waals surface area (Å²) in [5, 5.41) is 29.3. The molecule has 0 fully saturated rings. The van der Waals surface area contributed by atoms with E-state index >= 15 is 0 Å². The van der Waals surface area contributed by atoms with Crippen molar-refractivity contribution in [3.05, 3.63) is 33.9 Å². The van der Waals surface area contributed by atoms with Gasteiger partial charge in [0, 0.05) is 24.3 Å². The standard InChI is InChI=1S/C11H15NO4/c1-11(2,7-13)6-8-5-9(12(15)16)3-4-10(8)14/h3-5,13-14H,6-7H2,1-2H3. The van der Waals surface area contributed by atoms with Gasteiger partial charge in [0.2, 0.25) is 0 Å². The van der Waals surface area contributed by atoms with Crippen LogP contribution in [0, 0.1) is 15.5 Å². The summed E-state index contributed by atoms with van der Waals surface area (Å²) in [4.78, 5) is 10.1. The van der Waals surface area contributed by atoms with Crippen molar-refractivity contribution in [2.45, 2.75) is 20.3 Å². The van der Waals surface area contributed by atoms with Gasteiger partial charge in [-0.3, -0.25) is 10.1 Å². The number of nitrogens with zero attached hydrogens (tertiary/aromatic N) is 1. The second-order valence-electron chi connectivity index (χ2n) is 4.57. The van der Waals surface area contributed by atoms with Gasteiger partial charge in [-0.1, -0.05) is 13.8 Å². The van der Waals surface area contributed by atoms with Crippen LogP contribution in [-0.4, -0.2) is 21.7 Å². The lowest BCUT2D eigenvalue weighted by Crippen LogP contribution is -2.19. The fourth-order valence-electron chi connectivity index (χ4n) is 1.40. The number of phenolic OH excluding ortho intramolecular Hbond substituents is 1. The van der Waals surface area contributed by atoms with Crippen LogP contribution in [0.1, 0.15) is 19.4 Å². The molecule has 16 heavy (non-hydrogen) atoms. The molecule has 0 aliphatic carbocycles. The van der Waals surface area contributed by atoms with E-state index in [0.29, 0.717) is 12.0 Å². The molecule has 0 heterocycles. The highest BCUT2D eigenvalue weighted by Gasteiger charge is 2.20. The topological polar surface area (TPSA) is 83.6 Å². The Morgan fingerprint density at radius 1 is 1.44 bits per heavy atom. The Morgan fingerprint density at radius 2 is 2.06 bits per heavy atom. The SMILES string of the molecule is CC(C)(CO)Cc1cc([N+](=O)[O-])ccc1O. The number of hydrogen-bond donors (Lipinski definition) is 2. The summed E-state index contributed by atoms with van der Waals surface area (Å²) in [7, 11) is 0. The van der Waals surface area contributed by atoms with E-state index in [4.69, 9.17) is 5.11 Å². The summed E-state index contributed by atoms with van der Waals surface area (Å²) in [5.41, 5.74) is 0.0157. The number of aliphatic hydroxyl groups is 1. The van der Waals surface area contributed by atoms with Crippen LogP contribution in [0.25, 0.3) is 0 Å². The Kier molecular flexibility index (Phi) is 3.49. The van der Waals surface area contributed by atoms with Crippen molar-refractivity contribution in [2.24, 2.45) is 5.41 Å². The van der Waals surface area contributed by atoms with Crippen LogP contribution in [0.5, 0.6) is 5.75 Å². The number of hydrogen-bond acceptors (Lipinski definition) is 4. The molecule has 1 aromatic rings. The van der Waals surface area contributed by atoms with Crippen molar-refractivity contribution < 1.29 is 15.1 Å². The zero-order valence-corrected chi connectivity index (χ0v) is 9.30. The largest absolute Gasteiger partial charge is 0.508 e. The summed E-state index contributed by atoms with van der Waals surface area (Å²) in [6.07, 6.45) is 0.386. The van der Waals surface area contributed by atoms with Crippen molar-refractivity contribution in [3.8, 4) is 5.75 Å². The Bertz CT molecular complexity index is 401. The Hall–Kier alpha value is -1.62. The number of nitro benzene ring substituents is 1. The van der Waals surface area contributed by atoms with Crippen molar-refractivity contribution in [2.75, 3.05) is 6.61 Å². The molecule has 0 saturated heterocycles. The van der Waals surface area contributed by atoms with E-state index in [9.17, 15) is 15.2 Å². The van der Waals surface area contributed by atoms with Crippen LogP contribution in [0.3, 0.4) is 0 Å². The Morgan fingerprint density at radius 3 is 2.56 bits per heavy atom. The van der Waals surface area contributed by atoms with Gasteiger partial charge in [0.15, 0.2) is 0 Å². The molecular weight excluding hydrogens is 210 g/mol. The number of benzene rings is 1. The van der Waals surface area contributed by atoms with Crippen LogP contribution >= 0.6 is 0 Å². The maximum atomic E-state index is 10.6. The normalized spacial score (nSPS) is 11.4. The monoisotopic (exact) mass is 225 g/mol. The smallest absolute Gasteiger partial charge is 0.269 e. The minimum atomic E-state index is -0.505. The summed E-state index contributed by atoms with van der Waals surface area (Å²) in [6, 6.07) is 3.90. The molecule has 0 unspecified atom stereocenters. The fraction of sp³-hybridized carbons (Fsp3) is 0.455. The van der Waals surface area contributed by atoms with Crippen LogP contribution in [0.15, 0.2) is 18.2 Å². The second-order valence-corrected chi connectivity index (χ2v) is 4.57. The summed E-state index contributed by atoms with van der Waals surface area (Å²) in [6.45, 7) is 3.60. The van der Waals surface area contributed by atoms with Gasteiger partial charge in [-0.2, -0.15) is 0 Å². The van der Waals surface area contributed by atoms with Crippen molar-refractivity contribution >= 4 is 5.69 Å². The lowest BCUT2D eigenvalue weighted by atomic mass is 9.86. The number of nitro groups is 1. The fourth-order valence-corrected chi connectivity index (χ4v) is 1.40. The van der Waals surface area contributed by atoms with E-state index in [1.807, 2.05) is 13.8 Å². The first kappa shape index (κ1) is 12.4. The van der Waals surface area contributed by atoms with Gasteiger partial charge in [0.05, 0.1) is 4.92 Å². The third-order valence-corrected chi connectivity index (χ3v) is 2.37. The summed E-state index contributed by atoms with van der Waals surface area (Å²) in [5.74, 6) is 0.0205. The van der Waals surface area contributed by atoms with Gasteiger partial charge < -0.3 is 10.2 Å². The van der Waals surface area contributed by atoms with Gasteiger partial charge in [0.1, 0.15) is 5.75 Å². The molecule has 0 bridgehead atoms. The van der Waals surface area contributed by atoms with E-state index in [0.717, 1.165) is 0 Å². The molecule has 0 saturated carbocycles. The average Bonchev–Trinajstić information content (AvgIpc) is 2.21. The van der Waals surface area contributed by atoms with E-state index < -0.39 is 10.3 Å². The zero-order chi connectivity index (χ0) is 12.3. The van der Waals surface area contributed by atoms with E-state index in [2.05, 4.69) is 0 Å². The average molecular weight is 225 g/mol. The van der Waals surface area contributed by atoms with Crippen LogP contribution in [0.2, 0.25) is 0 Å². The molecule has 0 aromatic heterocycles. The molecule has 2 N–H and O–H groups in total. The lowest BCUT2D eigenvalue weighted by Gasteiger charge is -2.21.